The van der Waals surface area contributed by atoms with Crippen LogP contribution in [0.25, 0.3) is 0 Å². The highest BCUT2D eigenvalue weighted by Crippen LogP contribution is 2.18. The summed E-state index contributed by atoms with van der Waals surface area (Å²) in [6.07, 6.45) is 0. The summed E-state index contributed by atoms with van der Waals surface area (Å²) in [5.41, 5.74) is 0.684. The van der Waals surface area contributed by atoms with Gasteiger partial charge in [0.15, 0.2) is 0 Å². The van der Waals surface area contributed by atoms with Crippen molar-refractivity contribution >= 4 is 26.0 Å². The average molecular weight is 442 g/mol. The second-order valence-electron chi connectivity index (χ2n) is 6.23. The molecule has 1 amide bonds. The summed E-state index contributed by atoms with van der Waals surface area (Å²) in [6, 6.07) is 11.0. The molecule has 0 saturated heterocycles. The van der Waals surface area contributed by atoms with Crippen molar-refractivity contribution in [2.75, 3.05) is 20.3 Å². The second kappa shape index (κ2) is 9.46. The lowest BCUT2D eigenvalue weighted by Crippen LogP contribution is -2.29. The van der Waals surface area contributed by atoms with E-state index in [9.17, 15) is 21.6 Å². The Hall–Kier alpha value is -2.31. The molecule has 1 unspecified atom stereocenters. The van der Waals surface area contributed by atoms with Gasteiger partial charge in [-0.05, 0) is 42.8 Å². The monoisotopic (exact) mass is 441 g/mol. The van der Waals surface area contributed by atoms with E-state index in [1.807, 2.05) is 0 Å². The van der Waals surface area contributed by atoms with E-state index in [0.717, 1.165) is 0 Å². The maximum absolute atomic E-state index is 12.6. The molecule has 0 spiro atoms. The van der Waals surface area contributed by atoms with Crippen molar-refractivity contribution < 1.29 is 26.4 Å². The highest BCUT2D eigenvalue weighted by Gasteiger charge is 2.18. The number of benzene rings is 2. The first-order valence-corrected chi connectivity index (χ1v) is 11.6. The molecule has 0 radical (unpaired) electrons. The van der Waals surface area contributed by atoms with Gasteiger partial charge >= 0.3 is 0 Å². The molecule has 0 saturated carbocycles. The van der Waals surface area contributed by atoms with Crippen LogP contribution in [0, 0.1) is 0 Å². The van der Waals surface area contributed by atoms with E-state index < -0.39 is 32.0 Å². The van der Waals surface area contributed by atoms with Crippen LogP contribution in [0.5, 0.6) is 0 Å². The molecule has 2 rings (SSSR count). The lowest BCUT2D eigenvalue weighted by Gasteiger charge is -2.15. The quantitative estimate of drug-likeness (QED) is 0.490. The molecule has 2 aromatic rings. The van der Waals surface area contributed by atoms with Crippen molar-refractivity contribution in [2.24, 2.45) is 5.14 Å². The molecule has 0 aliphatic heterocycles. The Labute approximate surface area is 170 Å². The number of hydrogen-bond acceptors (Lipinski definition) is 6. The van der Waals surface area contributed by atoms with Crippen LogP contribution in [0.2, 0.25) is 0 Å². The summed E-state index contributed by atoms with van der Waals surface area (Å²) in [5, 5.41) is 7.85. The van der Waals surface area contributed by atoms with Gasteiger partial charge in [0.25, 0.3) is 5.91 Å². The lowest BCUT2D eigenvalue weighted by atomic mass is 10.1. The number of hydrogen-bond donors (Lipinski definition) is 3. The standard InChI is InChI=1S/C18H23N3O6S2/c1-13(14-5-3-7-16(11-14)28(19,23)24)21-18(22)15-6-4-8-17(12-15)29(25,26)20-9-10-27-2/h3-8,11-13,20H,9-10H2,1-2H3,(H,21,22)(H2,19,23,24). The zero-order chi connectivity index (χ0) is 21.7. The van der Waals surface area contributed by atoms with Gasteiger partial charge in [-0.2, -0.15) is 0 Å². The summed E-state index contributed by atoms with van der Waals surface area (Å²) in [5.74, 6) is -0.507. The third kappa shape index (κ3) is 6.34. The highest BCUT2D eigenvalue weighted by molar-refractivity contribution is 7.89. The number of carbonyl (C=O) groups is 1. The fraction of sp³-hybridized carbons (Fsp3) is 0.278. The van der Waals surface area contributed by atoms with Crippen molar-refractivity contribution in [3.63, 3.8) is 0 Å². The van der Waals surface area contributed by atoms with E-state index in [1.165, 1.54) is 49.6 Å². The van der Waals surface area contributed by atoms with Crippen molar-refractivity contribution in [3.8, 4) is 0 Å². The summed E-state index contributed by atoms with van der Waals surface area (Å²) in [4.78, 5) is 12.4. The molecular weight excluding hydrogens is 418 g/mol. The van der Waals surface area contributed by atoms with Crippen LogP contribution in [0.4, 0.5) is 0 Å². The fourth-order valence-corrected chi connectivity index (χ4v) is 4.12. The smallest absolute Gasteiger partial charge is 0.251 e. The molecule has 1 atom stereocenters. The third-order valence-corrected chi connectivity index (χ3v) is 6.41. The molecule has 158 valence electrons. The average Bonchev–Trinajstić information content (AvgIpc) is 2.67. The van der Waals surface area contributed by atoms with E-state index in [4.69, 9.17) is 9.88 Å². The molecule has 11 heteroatoms. The zero-order valence-corrected chi connectivity index (χ0v) is 17.6. The Bertz CT molecular complexity index is 1080. The number of rotatable bonds is 9. The topological polar surface area (TPSA) is 145 Å². The number of ether oxygens (including phenoxy) is 1. The lowest BCUT2D eigenvalue weighted by molar-refractivity contribution is 0.0939. The maximum Gasteiger partial charge on any atom is 0.251 e. The zero-order valence-electron chi connectivity index (χ0n) is 16.0. The summed E-state index contributed by atoms with van der Waals surface area (Å²) in [6.45, 7) is 1.99. The van der Waals surface area contributed by atoms with Crippen molar-refractivity contribution in [2.45, 2.75) is 22.8 Å². The number of nitrogens with one attached hydrogen (secondary N) is 2. The van der Waals surface area contributed by atoms with Crippen LogP contribution in [-0.2, 0) is 24.8 Å². The first kappa shape index (κ1) is 23.0. The van der Waals surface area contributed by atoms with E-state index in [-0.39, 0.29) is 28.5 Å². The number of carbonyl (C=O) groups excluding carboxylic acids is 1. The van der Waals surface area contributed by atoms with Crippen LogP contribution in [-0.4, -0.2) is 43.0 Å². The highest BCUT2D eigenvalue weighted by atomic mass is 32.2. The van der Waals surface area contributed by atoms with Gasteiger partial charge in [-0.25, -0.2) is 26.7 Å². The predicted molar refractivity (Wildman–Crippen MR) is 107 cm³/mol. The van der Waals surface area contributed by atoms with Crippen molar-refractivity contribution in [3.05, 3.63) is 59.7 Å². The van der Waals surface area contributed by atoms with Gasteiger partial charge in [-0.15, -0.1) is 0 Å². The number of sulfonamides is 2. The predicted octanol–water partition coefficient (Wildman–Crippen LogP) is 0.750. The Balaban J connectivity index is 2.17. The van der Waals surface area contributed by atoms with Gasteiger partial charge in [-0.1, -0.05) is 18.2 Å². The summed E-state index contributed by atoms with van der Waals surface area (Å²) >= 11 is 0. The SMILES string of the molecule is COCCNS(=O)(=O)c1cccc(C(=O)NC(C)c2cccc(S(N)(=O)=O)c2)c1. The summed E-state index contributed by atoms with van der Waals surface area (Å²) in [7, 11) is -6.19. The fourth-order valence-electron chi connectivity index (χ4n) is 2.49. The Kier molecular flexibility index (Phi) is 7.49. The molecular formula is C18H23N3O6S2. The first-order valence-electron chi connectivity index (χ1n) is 8.57. The van der Waals surface area contributed by atoms with Gasteiger partial charge < -0.3 is 10.1 Å². The van der Waals surface area contributed by atoms with E-state index >= 15 is 0 Å². The Morgan fingerprint density at radius 3 is 2.38 bits per heavy atom. The molecule has 0 aromatic heterocycles. The molecule has 4 N–H and O–H groups in total. The molecule has 2 aromatic carbocycles. The second-order valence-corrected chi connectivity index (χ2v) is 9.56. The molecule has 9 nitrogen and oxygen atoms in total. The minimum absolute atomic E-state index is 0.0508. The normalized spacial score (nSPS) is 13.1. The number of primary sulfonamides is 1. The van der Waals surface area contributed by atoms with Gasteiger partial charge in [-0.3, -0.25) is 4.79 Å². The van der Waals surface area contributed by atoms with E-state index in [0.29, 0.717) is 5.56 Å². The number of amides is 1. The largest absolute Gasteiger partial charge is 0.383 e. The molecule has 0 aliphatic rings. The van der Waals surface area contributed by atoms with E-state index in [1.54, 1.807) is 13.0 Å². The van der Waals surface area contributed by atoms with Gasteiger partial charge in [0, 0.05) is 19.2 Å². The minimum Gasteiger partial charge on any atom is -0.383 e. The molecule has 0 bridgehead atoms. The molecule has 29 heavy (non-hydrogen) atoms. The number of nitrogens with two attached hydrogens (primary N) is 1. The van der Waals surface area contributed by atoms with Gasteiger partial charge in [0.05, 0.1) is 22.4 Å². The van der Waals surface area contributed by atoms with Crippen molar-refractivity contribution in [1.29, 1.82) is 0 Å². The van der Waals surface area contributed by atoms with Crippen LogP contribution in [0.3, 0.4) is 0 Å². The van der Waals surface area contributed by atoms with Gasteiger partial charge in [0.2, 0.25) is 20.0 Å². The van der Waals surface area contributed by atoms with E-state index in [2.05, 4.69) is 10.0 Å². The van der Waals surface area contributed by atoms with Crippen molar-refractivity contribution in [1.82, 2.24) is 10.0 Å². The maximum atomic E-state index is 12.6. The first-order chi connectivity index (χ1) is 13.5. The Morgan fingerprint density at radius 2 is 1.72 bits per heavy atom. The molecule has 0 fully saturated rings. The van der Waals surface area contributed by atoms with Crippen LogP contribution < -0.4 is 15.2 Å². The summed E-state index contributed by atoms with van der Waals surface area (Å²) < 4.78 is 54.8. The third-order valence-electron chi connectivity index (χ3n) is 4.04. The van der Waals surface area contributed by atoms with Crippen LogP contribution in [0.15, 0.2) is 58.3 Å². The van der Waals surface area contributed by atoms with Crippen LogP contribution in [0.1, 0.15) is 28.9 Å². The molecule has 0 heterocycles. The van der Waals surface area contributed by atoms with Crippen LogP contribution >= 0.6 is 0 Å². The number of methoxy groups -OCH3 is 1. The minimum atomic E-state index is -3.87. The molecule has 0 aliphatic carbocycles. The Morgan fingerprint density at radius 1 is 1.07 bits per heavy atom. The van der Waals surface area contributed by atoms with Gasteiger partial charge in [0.1, 0.15) is 0 Å².